The summed E-state index contributed by atoms with van der Waals surface area (Å²) in [5.41, 5.74) is 1.35. The fraction of sp³-hybridized carbons (Fsp3) is 0.667. The van der Waals surface area contributed by atoms with Crippen LogP contribution in [0.25, 0.3) is 0 Å². The molecule has 1 fully saturated rings. The third-order valence-electron chi connectivity index (χ3n) is 4.69. The Labute approximate surface area is 123 Å². The summed E-state index contributed by atoms with van der Waals surface area (Å²) in [4.78, 5) is 0. The predicted octanol–water partition coefficient (Wildman–Crippen LogP) is 4.70. The monoisotopic (exact) mass is 275 g/mol. The quantitative estimate of drug-likeness (QED) is 0.812. The molecule has 0 amide bonds. The molecule has 20 heavy (non-hydrogen) atoms. The van der Waals surface area contributed by atoms with Crippen molar-refractivity contribution in [2.45, 2.75) is 64.5 Å². The average Bonchev–Trinajstić information content (AvgIpc) is 2.51. The van der Waals surface area contributed by atoms with Crippen LogP contribution in [0.5, 0.6) is 5.75 Å². The van der Waals surface area contributed by atoms with Crippen LogP contribution < -0.4 is 10.1 Å². The normalized spacial score (nSPS) is 24.4. The number of rotatable bonds is 6. The fourth-order valence-corrected chi connectivity index (χ4v) is 3.36. The van der Waals surface area contributed by atoms with Gasteiger partial charge in [0.1, 0.15) is 11.9 Å². The maximum absolute atomic E-state index is 6.24. The minimum absolute atomic E-state index is 0.422. The molecule has 3 atom stereocenters. The van der Waals surface area contributed by atoms with Gasteiger partial charge in [0.25, 0.3) is 0 Å². The molecule has 112 valence electrons. The van der Waals surface area contributed by atoms with E-state index in [0.717, 1.165) is 18.1 Å². The van der Waals surface area contributed by atoms with Gasteiger partial charge in [-0.1, -0.05) is 32.4 Å². The lowest BCUT2D eigenvalue weighted by molar-refractivity contribution is 0.0903. The molecule has 3 unspecified atom stereocenters. The first-order valence-corrected chi connectivity index (χ1v) is 8.22. The lowest BCUT2D eigenvalue weighted by Gasteiger charge is -2.31. The van der Waals surface area contributed by atoms with E-state index in [2.05, 4.69) is 43.4 Å². The van der Waals surface area contributed by atoms with E-state index in [1.165, 1.54) is 37.7 Å². The molecule has 0 heterocycles. The summed E-state index contributed by atoms with van der Waals surface area (Å²) < 4.78 is 6.24. The zero-order valence-corrected chi connectivity index (χ0v) is 13.2. The standard InChI is InChI=1S/C18H29NO/c1-4-14-8-6-7-9-18(14)20-16-12-10-15(11-13-16)17(5-2)19-3/h10-14,17-19H,4-9H2,1-3H3. The Bertz CT molecular complexity index is 383. The van der Waals surface area contributed by atoms with Gasteiger partial charge < -0.3 is 10.1 Å². The summed E-state index contributed by atoms with van der Waals surface area (Å²) in [6.45, 7) is 4.49. The van der Waals surface area contributed by atoms with Gasteiger partial charge in [0, 0.05) is 6.04 Å². The van der Waals surface area contributed by atoms with Gasteiger partial charge in [-0.25, -0.2) is 0 Å². The number of ether oxygens (including phenoxy) is 1. The van der Waals surface area contributed by atoms with Gasteiger partial charge in [0.15, 0.2) is 0 Å². The molecule has 0 aliphatic heterocycles. The van der Waals surface area contributed by atoms with Crippen molar-refractivity contribution in [1.29, 1.82) is 0 Å². The van der Waals surface area contributed by atoms with Crippen LogP contribution in [0, 0.1) is 5.92 Å². The van der Waals surface area contributed by atoms with Gasteiger partial charge in [-0.3, -0.25) is 0 Å². The molecular weight excluding hydrogens is 246 g/mol. The third-order valence-corrected chi connectivity index (χ3v) is 4.69. The van der Waals surface area contributed by atoms with E-state index in [1.807, 2.05) is 7.05 Å². The maximum atomic E-state index is 6.24. The SMILES string of the molecule is CCC(NC)c1ccc(OC2CCCCC2CC)cc1. The summed E-state index contributed by atoms with van der Waals surface area (Å²) in [6.07, 6.45) is 8.00. The van der Waals surface area contributed by atoms with E-state index in [4.69, 9.17) is 4.74 Å². The Morgan fingerprint density at radius 2 is 1.85 bits per heavy atom. The smallest absolute Gasteiger partial charge is 0.119 e. The molecule has 1 aliphatic rings. The Kier molecular flexibility index (Phi) is 5.90. The Morgan fingerprint density at radius 1 is 1.15 bits per heavy atom. The zero-order chi connectivity index (χ0) is 14.4. The number of benzene rings is 1. The fourth-order valence-electron chi connectivity index (χ4n) is 3.36. The molecule has 0 saturated heterocycles. The molecule has 2 nitrogen and oxygen atoms in total. The van der Waals surface area contributed by atoms with Crippen molar-refractivity contribution in [3.05, 3.63) is 29.8 Å². The van der Waals surface area contributed by atoms with Crippen LogP contribution in [0.3, 0.4) is 0 Å². The molecule has 2 heteroatoms. The van der Waals surface area contributed by atoms with Crippen LogP contribution in [0.15, 0.2) is 24.3 Å². The summed E-state index contributed by atoms with van der Waals surface area (Å²) in [7, 11) is 2.02. The molecule has 0 radical (unpaired) electrons. The van der Waals surface area contributed by atoms with Gasteiger partial charge in [-0.15, -0.1) is 0 Å². The average molecular weight is 275 g/mol. The highest BCUT2D eigenvalue weighted by Gasteiger charge is 2.25. The largest absolute Gasteiger partial charge is 0.490 e. The molecule has 1 aromatic carbocycles. The van der Waals surface area contributed by atoms with Gasteiger partial charge in [-0.05, 0) is 62.8 Å². The molecule has 0 aromatic heterocycles. The first kappa shape index (κ1) is 15.4. The van der Waals surface area contributed by atoms with E-state index >= 15 is 0 Å². The molecule has 1 N–H and O–H groups in total. The Morgan fingerprint density at radius 3 is 2.45 bits per heavy atom. The second kappa shape index (κ2) is 7.68. The summed E-state index contributed by atoms with van der Waals surface area (Å²) in [6, 6.07) is 9.11. The minimum atomic E-state index is 0.422. The van der Waals surface area contributed by atoms with E-state index in [9.17, 15) is 0 Å². The van der Waals surface area contributed by atoms with Crippen LogP contribution in [0.2, 0.25) is 0 Å². The summed E-state index contributed by atoms with van der Waals surface area (Å²) >= 11 is 0. The lowest BCUT2D eigenvalue weighted by atomic mass is 9.85. The van der Waals surface area contributed by atoms with Gasteiger partial charge in [0.2, 0.25) is 0 Å². The Hall–Kier alpha value is -1.02. The van der Waals surface area contributed by atoms with E-state index in [1.54, 1.807) is 0 Å². The van der Waals surface area contributed by atoms with Crippen LogP contribution in [0.4, 0.5) is 0 Å². The zero-order valence-electron chi connectivity index (χ0n) is 13.2. The van der Waals surface area contributed by atoms with Gasteiger partial charge in [-0.2, -0.15) is 0 Å². The van der Waals surface area contributed by atoms with Crippen LogP contribution in [-0.2, 0) is 0 Å². The van der Waals surface area contributed by atoms with Crippen molar-refractivity contribution >= 4 is 0 Å². The number of hydrogen-bond donors (Lipinski definition) is 1. The number of hydrogen-bond acceptors (Lipinski definition) is 2. The highest BCUT2D eigenvalue weighted by Crippen LogP contribution is 2.31. The molecule has 0 bridgehead atoms. The van der Waals surface area contributed by atoms with Crippen LogP contribution >= 0.6 is 0 Å². The van der Waals surface area contributed by atoms with Gasteiger partial charge in [0.05, 0.1) is 0 Å². The molecule has 1 aromatic rings. The first-order valence-electron chi connectivity index (χ1n) is 8.22. The maximum Gasteiger partial charge on any atom is 0.119 e. The van der Waals surface area contributed by atoms with Crippen molar-refractivity contribution in [2.75, 3.05) is 7.05 Å². The predicted molar refractivity (Wildman–Crippen MR) is 85.2 cm³/mol. The van der Waals surface area contributed by atoms with Crippen molar-refractivity contribution in [1.82, 2.24) is 5.32 Å². The van der Waals surface area contributed by atoms with Crippen molar-refractivity contribution in [2.24, 2.45) is 5.92 Å². The van der Waals surface area contributed by atoms with Crippen molar-refractivity contribution < 1.29 is 4.74 Å². The topological polar surface area (TPSA) is 21.3 Å². The number of nitrogens with one attached hydrogen (secondary N) is 1. The second-order valence-electron chi connectivity index (χ2n) is 5.93. The third kappa shape index (κ3) is 3.76. The molecule has 1 saturated carbocycles. The highest BCUT2D eigenvalue weighted by atomic mass is 16.5. The second-order valence-corrected chi connectivity index (χ2v) is 5.93. The highest BCUT2D eigenvalue weighted by molar-refractivity contribution is 5.29. The van der Waals surface area contributed by atoms with E-state index < -0.39 is 0 Å². The first-order chi connectivity index (χ1) is 9.78. The van der Waals surface area contributed by atoms with Gasteiger partial charge >= 0.3 is 0 Å². The molecular formula is C18H29NO. The molecule has 2 rings (SSSR count). The van der Waals surface area contributed by atoms with Crippen molar-refractivity contribution in [3.63, 3.8) is 0 Å². The lowest BCUT2D eigenvalue weighted by Crippen LogP contribution is -2.29. The van der Waals surface area contributed by atoms with Crippen LogP contribution in [-0.4, -0.2) is 13.2 Å². The van der Waals surface area contributed by atoms with Crippen molar-refractivity contribution in [3.8, 4) is 5.75 Å². The van der Waals surface area contributed by atoms with E-state index in [-0.39, 0.29) is 0 Å². The van der Waals surface area contributed by atoms with Crippen LogP contribution in [0.1, 0.15) is 64.0 Å². The molecule has 0 spiro atoms. The molecule has 1 aliphatic carbocycles. The van der Waals surface area contributed by atoms with E-state index in [0.29, 0.717) is 12.1 Å². The minimum Gasteiger partial charge on any atom is -0.490 e. The summed E-state index contributed by atoms with van der Waals surface area (Å²) in [5.74, 6) is 1.77. The Balaban J connectivity index is 1.99. The summed E-state index contributed by atoms with van der Waals surface area (Å²) in [5, 5.41) is 3.34.